The Morgan fingerprint density at radius 3 is 2.86 bits per heavy atom. The van der Waals surface area contributed by atoms with Crippen LogP contribution in [0.2, 0.25) is 0 Å². The SMILES string of the molecule is CC(CO)(NC(=O)Cn1c(=O)[nH]c2ccccc21)C1CC1. The molecule has 1 aromatic heterocycles. The van der Waals surface area contributed by atoms with Crippen molar-refractivity contribution in [2.24, 2.45) is 5.92 Å². The molecule has 1 heterocycles. The number of carbonyl (C=O) groups excluding carboxylic acids is 1. The van der Waals surface area contributed by atoms with E-state index in [4.69, 9.17) is 0 Å². The number of imidazole rings is 1. The number of carbonyl (C=O) groups is 1. The molecule has 6 heteroatoms. The number of hydrogen-bond donors (Lipinski definition) is 3. The summed E-state index contributed by atoms with van der Waals surface area (Å²) < 4.78 is 1.41. The highest BCUT2D eigenvalue weighted by atomic mass is 16.3. The smallest absolute Gasteiger partial charge is 0.326 e. The summed E-state index contributed by atoms with van der Waals surface area (Å²) in [5, 5.41) is 12.4. The second kappa shape index (κ2) is 5.04. The van der Waals surface area contributed by atoms with Crippen LogP contribution in [-0.2, 0) is 11.3 Å². The Morgan fingerprint density at radius 1 is 1.48 bits per heavy atom. The van der Waals surface area contributed by atoms with Crippen molar-refractivity contribution in [3.05, 3.63) is 34.7 Å². The lowest BCUT2D eigenvalue weighted by molar-refractivity contribution is -0.124. The van der Waals surface area contributed by atoms with Crippen molar-refractivity contribution < 1.29 is 9.90 Å². The largest absolute Gasteiger partial charge is 0.394 e. The van der Waals surface area contributed by atoms with Gasteiger partial charge in [0, 0.05) is 0 Å². The van der Waals surface area contributed by atoms with E-state index in [1.54, 1.807) is 12.1 Å². The number of H-pyrrole nitrogens is 1. The third-order valence-electron chi connectivity index (χ3n) is 4.22. The van der Waals surface area contributed by atoms with Crippen LogP contribution in [0.3, 0.4) is 0 Å². The monoisotopic (exact) mass is 289 g/mol. The molecular weight excluding hydrogens is 270 g/mol. The highest BCUT2D eigenvalue weighted by Crippen LogP contribution is 2.39. The molecule has 0 radical (unpaired) electrons. The minimum atomic E-state index is -0.590. The topological polar surface area (TPSA) is 87.1 Å². The predicted molar refractivity (Wildman–Crippen MR) is 78.9 cm³/mol. The molecule has 1 unspecified atom stereocenters. The lowest BCUT2D eigenvalue weighted by Gasteiger charge is -2.28. The normalized spacial score (nSPS) is 17.6. The fraction of sp³-hybridized carbons (Fsp3) is 0.467. The number of nitrogens with one attached hydrogen (secondary N) is 2. The van der Waals surface area contributed by atoms with Gasteiger partial charge < -0.3 is 15.4 Å². The summed E-state index contributed by atoms with van der Waals surface area (Å²) in [5.74, 6) is 0.0662. The molecular formula is C15H19N3O3. The molecule has 0 saturated heterocycles. The fourth-order valence-corrected chi connectivity index (χ4v) is 2.76. The summed E-state index contributed by atoms with van der Waals surface area (Å²) in [6.07, 6.45) is 2.04. The number of nitrogens with zero attached hydrogens (tertiary/aromatic N) is 1. The Bertz CT molecular complexity index is 729. The van der Waals surface area contributed by atoms with Crippen molar-refractivity contribution >= 4 is 16.9 Å². The van der Waals surface area contributed by atoms with Crippen LogP contribution in [0.15, 0.2) is 29.1 Å². The number of amides is 1. The van der Waals surface area contributed by atoms with Crippen LogP contribution in [0.25, 0.3) is 11.0 Å². The number of hydrogen-bond acceptors (Lipinski definition) is 3. The van der Waals surface area contributed by atoms with E-state index in [0.29, 0.717) is 17.0 Å². The quantitative estimate of drug-likeness (QED) is 0.753. The number of fused-ring (bicyclic) bond motifs is 1. The molecule has 0 spiro atoms. The van der Waals surface area contributed by atoms with Gasteiger partial charge in [-0.15, -0.1) is 0 Å². The molecule has 21 heavy (non-hydrogen) atoms. The van der Waals surface area contributed by atoms with E-state index in [1.165, 1.54) is 4.57 Å². The van der Waals surface area contributed by atoms with Crippen LogP contribution in [0.1, 0.15) is 19.8 Å². The number of rotatable bonds is 5. The molecule has 1 aromatic carbocycles. The van der Waals surface area contributed by atoms with Gasteiger partial charge in [0.1, 0.15) is 6.54 Å². The van der Waals surface area contributed by atoms with Crippen molar-refractivity contribution in [1.82, 2.24) is 14.9 Å². The molecule has 1 amide bonds. The number of para-hydroxylation sites is 2. The highest BCUT2D eigenvalue weighted by Gasteiger charge is 2.42. The molecule has 112 valence electrons. The van der Waals surface area contributed by atoms with Gasteiger partial charge in [-0.3, -0.25) is 9.36 Å². The van der Waals surface area contributed by atoms with Gasteiger partial charge in [0.2, 0.25) is 5.91 Å². The molecule has 3 N–H and O–H groups in total. The highest BCUT2D eigenvalue weighted by molar-refractivity contribution is 5.80. The van der Waals surface area contributed by atoms with E-state index < -0.39 is 5.54 Å². The fourth-order valence-electron chi connectivity index (χ4n) is 2.76. The van der Waals surface area contributed by atoms with Gasteiger partial charge in [-0.25, -0.2) is 4.79 Å². The number of aliphatic hydroxyl groups excluding tert-OH is 1. The first kappa shape index (κ1) is 13.9. The summed E-state index contributed by atoms with van der Waals surface area (Å²) >= 11 is 0. The lowest BCUT2D eigenvalue weighted by atomic mass is 9.97. The maximum Gasteiger partial charge on any atom is 0.326 e. The first-order chi connectivity index (χ1) is 10.0. The van der Waals surface area contributed by atoms with Crippen LogP contribution < -0.4 is 11.0 Å². The molecule has 0 bridgehead atoms. The first-order valence-electron chi connectivity index (χ1n) is 7.13. The van der Waals surface area contributed by atoms with Crippen molar-refractivity contribution in [2.75, 3.05) is 6.61 Å². The van der Waals surface area contributed by atoms with E-state index in [0.717, 1.165) is 12.8 Å². The number of aromatic nitrogens is 2. The second-order valence-electron chi connectivity index (χ2n) is 5.93. The predicted octanol–water partition coefficient (Wildman–Crippen LogP) is 0.607. The standard InChI is InChI=1S/C15H19N3O3/c1-15(9-19,10-6-7-10)17-13(20)8-18-12-5-3-2-4-11(12)16-14(18)21/h2-5,10,19H,6-9H2,1H3,(H,16,21)(H,17,20). The second-order valence-corrected chi connectivity index (χ2v) is 5.93. The molecule has 6 nitrogen and oxygen atoms in total. The molecule has 3 rings (SSSR count). The van der Waals surface area contributed by atoms with E-state index in [2.05, 4.69) is 10.3 Å². The summed E-state index contributed by atoms with van der Waals surface area (Å²) in [7, 11) is 0. The zero-order valence-corrected chi connectivity index (χ0v) is 11.9. The first-order valence-corrected chi connectivity index (χ1v) is 7.13. The van der Waals surface area contributed by atoms with Crippen molar-refractivity contribution in [1.29, 1.82) is 0 Å². The Labute approximate surface area is 121 Å². The summed E-state index contributed by atoms with van der Waals surface area (Å²) in [6, 6.07) is 7.25. The lowest BCUT2D eigenvalue weighted by Crippen LogP contribution is -2.52. The third-order valence-corrected chi connectivity index (χ3v) is 4.22. The number of aliphatic hydroxyl groups is 1. The average molecular weight is 289 g/mol. The zero-order valence-electron chi connectivity index (χ0n) is 11.9. The van der Waals surface area contributed by atoms with Crippen LogP contribution in [-0.4, -0.2) is 32.7 Å². The number of benzene rings is 1. The molecule has 2 aromatic rings. The van der Waals surface area contributed by atoms with Crippen LogP contribution in [0.5, 0.6) is 0 Å². The summed E-state index contributed by atoms with van der Waals surface area (Å²) in [6.45, 7) is 1.71. The van der Waals surface area contributed by atoms with Gasteiger partial charge in [-0.2, -0.15) is 0 Å². The van der Waals surface area contributed by atoms with Gasteiger partial charge in [0.05, 0.1) is 23.2 Å². The Kier molecular flexibility index (Phi) is 3.33. The van der Waals surface area contributed by atoms with Gasteiger partial charge in [0.15, 0.2) is 0 Å². The molecule has 1 aliphatic carbocycles. The van der Waals surface area contributed by atoms with E-state index >= 15 is 0 Å². The Morgan fingerprint density at radius 2 is 2.19 bits per heavy atom. The Balaban J connectivity index is 1.80. The van der Waals surface area contributed by atoms with E-state index in [-0.39, 0.29) is 24.7 Å². The molecule has 1 atom stereocenters. The van der Waals surface area contributed by atoms with Crippen LogP contribution >= 0.6 is 0 Å². The van der Waals surface area contributed by atoms with Gasteiger partial charge >= 0.3 is 5.69 Å². The number of aromatic amines is 1. The average Bonchev–Trinajstić information content (AvgIpc) is 3.26. The minimum Gasteiger partial charge on any atom is -0.394 e. The van der Waals surface area contributed by atoms with Gasteiger partial charge in [0.25, 0.3) is 0 Å². The van der Waals surface area contributed by atoms with Crippen LogP contribution in [0, 0.1) is 5.92 Å². The molecule has 0 aliphatic heterocycles. The molecule has 1 saturated carbocycles. The van der Waals surface area contributed by atoms with Crippen molar-refractivity contribution in [2.45, 2.75) is 31.8 Å². The van der Waals surface area contributed by atoms with Gasteiger partial charge in [-0.1, -0.05) is 12.1 Å². The minimum absolute atomic E-state index is 0.0504. The molecule has 1 aliphatic rings. The summed E-state index contributed by atoms with van der Waals surface area (Å²) in [5.41, 5.74) is 0.521. The van der Waals surface area contributed by atoms with Crippen molar-refractivity contribution in [3.8, 4) is 0 Å². The zero-order chi connectivity index (χ0) is 15.0. The van der Waals surface area contributed by atoms with Crippen molar-refractivity contribution in [3.63, 3.8) is 0 Å². The Hall–Kier alpha value is -2.08. The molecule has 1 fully saturated rings. The maximum atomic E-state index is 12.2. The summed E-state index contributed by atoms with van der Waals surface area (Å²) in [4.78, 5) is 26.9. The maximum absolute atomic E-state index is 12.2. The van der Waals surface area contributed by atoms with Crippen LogP contribution in [0.4, 0.5) is 0 Å². The van der Waals surface area contributed by atoms with E-state index in [1.807, 2.05) is 19.1 Å². The third kappa shape index (κ3) is 2.58. The van der Waals surface area contributed by atoms with Gasteiger partial charge in [-0.05, 0) is 37.8 Å². The van der Waals surface area contributed by atoms with E-state index in [9.17, 15) is 14.7 Å².